The van der Waals surface area contributed by atoms with Gasteiger partial charge in [0.05, 0.1) is 0 Å². The minimum atomic E-state index is -1.77. The number of ketones is 1. The maximum Gasteiger partial charge on any atom is 0.332 e. The van der Waals surface area contributed by atoms with E-state index < -0.39 is 22.9 Å². The molecule has 0 aliphatic rings. The van der Waals surface area contributed by atoms with Gasteiger partial charge in [-0.25, -0.2) is 4.79 Å². The minimum Gasteiger partial charge on any atom is -0.481 e. The van der Waals surface area contributed by atoms with Crippen LogP contribution in [-0.4, -0.2) is 27.9 Å². The summed E-state index contributed by atoms with van der Waals surface area (Å²) in [6.07, 6.45) is 0.184. The summed E-state index contributed by atoms with van der Waals surface area (Å²) < 4.78 is 0. The fourth-order valence-electron chi connectivity index (χ4n) is 2.33. The van der Waals surface area contributed by atoms with Crippen molar-refractivity contribution in [3.8, 4) is 0 Å². The molecular formula is C17H20O5. The van der Waals surface area contributed by atoms with Gasteiger partial charge >= 0.3 is 11.9 Å². The molecule has 5 nitrogen and oxygen atoms in total. The van der Waals surface area contributed by atoms with Crippen molar-refractivity contribution in [3.63, 3.8) is 0 Å². The summed E-state index contributed by atoms with van der Waals surface area (Å²) in [5.41, 5.74) is -1.33. The van der Waals surface area contributed by atoms with Gasteiger partial charge in [0.1, 0.15) is 11.2 Å². The number of carboxylic acid groups (broad SMARTS) is 2. The van der Waals surface area contributed by atoms with Crippen LogP contribution in [0.1, 0.15) is 31.7 Å². The highest BCUT2D eigenvalue weighted by atomic mass is 16.4. The van der Waals surface area contributed by atoms with Gasteiger partial charge in [-0.1, -0.05) is 43.8 Å². The summed E-state index contributed by atoms with van der Waals surface area (Å²) in [4.78, 5) is 34.8. The van der Waals surface area contributed by atoms with Crippen molar-refractivity contribution in [1.82, 2.24) is 0 Å². The second-order valence-corrected chi connectivity index (χ2v) is 5.23. The van der Waals surface area contributed by atoms with Crippen molar-refractivity contribution in [3.05, 3.63) is 48.0 Å². The van der Waals surface area contributed by atoms with Crippen LogP contribution in [0.15, 0.2) is 42.5 Å². The largest absolute Gasteiger partial charge is 0.481 e. The molecule has 0 aliphatic carbocycles. The second kappa shape index (κ2) is 7.54. The van der Waals surface area contributed by atoms with Crippen LogP contribution < -0.4 is 0 Å². The van der Waals surface area contributed by atoms with Crippen LogP contribution in [0.4, 0.5) is 0 Å². The standard InChI is InChI=1S/C17H20O5/c1-3-14(18)11-17(16(21)22,12(2)15(19)20)10-9-13-7-5-4-6-8-13/h4-8H,2-3,9-11H2,1H3,(H,19,20)(H,21,22). The molecule has 2 N–H and O–H groups in total. The van der Waals surface area contributed by atoms with Crippen molar-refractivity contribution < 1.29 is 24.6 Å². The van der Waals surface area contributed by atoms with Gasteiger partial charge in [0.2, 0.25) is 0 Å². The van der Waals surface area contributed by atoms with E-state index >= 15 is 0 Å². The molecule has 0 fully saturated rings. The van der Waals surface area contributed by atoms with Gasteiger partial charge in [-0.05, 0) is 18.4 Å². The van der Waals surface area contributed by atoms with E-state index in [9.17, 15) is 24.6 Å². The van der Waals surface area contributed by atoms with Gasteiger partial charge in [0.25, 0.3) is 0 Å². The SMILES string of the molecule is C=C(C(=O)O)C(CCc1ccccc1)(CC(=O)CC)C(=O)O. The molecule has 1 atom stereocenters. The Morgan fingerprint density at radius 2 is 1.73 bits per heavy atom. The van der Waals surface area contributed by atoms with Crippen molar-refractivity contribution in [1.29, 1.82) is 0 Å². The molecule has 0 spiro atoms. The zero-order valence-electron chi connectivity index (χ0n) is 12.5. The minimum absolute atomic E-state index is 0.0171. The predicted molar refractivity (Wildman–Crippen MR) is 81.5 cm³/mol. The third kappa shape index (κ3) is 4.04. The lowest BCUT2D eigenvalue weighted by Gasteiger charge is -2.29. The van der Waals surface area contributed by atoms with Gasteiger partial charge in [-0.15, -0.1) is 0 Å². The smallest absolute Gasteiger partial charge is 0.332 e. The molecule has 0 amide bonds. The summed E-state index contributed by atoms with van der Waals surface area (Å²) in [7, 11) is 0. The number of hydrogen-bond acceptors (Lipinski definition) is 3. The highest BCUT2D eigenvalue weighted by molar-refractivity contribution is 5.99. The van der Waals surface area contributed by atoms with E-state index in [1.165, 1.54) is 0 Å². The Bertz CT molecular complexity index is 576. The molecule has 1 aromatic rings. The van der Waals surface area contributed by atoms with Crippen LogP contribution in [0.3, 0.4) is 0 Å². The molecule has 0 radical (unpaired) electrons. The number of benzene rings is 1. The zero-order chi connectivity index (χ0) is 16.8. The molecule has 0 saturated carbocycles. The molecule has 0 aromatic heterocycles. The van der Waals surface area contributed by atoms with Crippen LogP contribution in [0.2, 0.25) is 0 Å². The number of Topliss-reactive ketones (excluding diaryl/α,β-unsaturated/α-hetero) is 1. The van der Waals surface area contributed by atoms with Crippen LogP contribution >= 0.6 is 0 Å². The summed E-state index contributed by atoms with van der Waals surface area (Å²) in [5, 5.41) is 18.8. The van der Waals surface area contributed by atoms with Crippen LogP contribution in [-0.2, 0) is 20.8 Å². The molecule has 0 aliphatic heterocycles. The first-order valence-corrected chi connectivity index (χ1v) is 7.05. The monoisotopic (exact) mass is 304 g/mol. The highest BCUT2D eigenvalue weighted by Crippen LogP contribution is 2.37. The van der Waals surface area contributed by atoms with Gasteiger partial charge in [-0.2, -0.15) is 0 Å². The fraction of sp³-hybridized carbons (Fsp3) is 0.353. The van der Waals surface area contributed by atoms with Gasteiger partial charge in [0, 0.05) is 18.4 Å². The Morgan fingerprint density at radius 1 is 1.14 bits per heavy atom. The summed E-state index contributed by atoms with van der Waals surface area (Å²) >= 11 is 0. The number of carbonyl (C=O) groups excluding carboxylic acids is 1. The molecule has 1 aromatic carbocycles. The maximum absolute atomic E-state index is 11.8. The topological polar surface area (TPSA) is 91.7 Å². The molecule has 1 rings (SSSR count). The Morgan fingerprint density at radius 3 is 2.18 bits per heavy atom. The van der Waals surface area contributed by atoms with Crippen LogP contribution in [0, 0.1) is 5.41 Å². The number of aliphatic carboxylic acids is 2. The normalized spacial score (nSPS) is 13.1. The van der Waals surface area contributed by atoms with E-state index in [-0.39, 0.29) is 25.0 Å². The number of rotatable bonds is 9. The van der Waals surface area contributed by atoms with Crippen molar-refractivity contribution in [2.45, 2.75) is 32.6 Å². The van der Waals surface area contributed by atoms with E-state index in [0.717, 1.165) is 5.56 Å². The Hall–Kier alpha value is -2.43. The summed E-state index contributed by atoms with van der Waals surface area (Å²) in [6, 6.07) is 9.14. The first kappa shape index (κ1) is 17.6. The summed E-state index contributed by atoms with van der Waals surface area (Å²) in [6.45, 7) is 5.04. The molecular weight excluding hydrogens is 284 g/mol. The van der Waals surface area contributed by atoms with Crippen molar-refractivity contribution >= 4 is 17.7 Å². The third-order valence-electron chi connectivity index (χ3n) is 3.82. The number of hydrogen-bond donors (Lipinski definition) is 2. The second-order valence-electron chi connectivity index (χ2n) is 5.23. The van der Waals surface area contributed by atoms with Gasteiger partial charge < -0.3 is 10.2 Å². The third-order valence-corrected chi connectivity index (χ3v) is 3.82. The van der Waals surface area contributed by atoms with Gasteiger partial charge in [0.15, 0.2) is 0 Å². The predicted octanol–water partition coefficient (Wildman–Crippen LogP) is 2.70. The van der Waals surface area contributed by atoms with Gasteiger partial charge in [-0.3, -0.25) is 9.59 Å². The van der Waals surface area contributed by atoms with E-state index in [4.69, 9.17) is 0 Å². The number of carbonyl (C=O) groups is 3. The molecule has 0 heterocycles. The first-order valence-electron chi connectivity index (χ1n) is 7.05. The average molecular weight is 304 g/mol. The number of aryl methyl sites for hydroxylation is 1. The van der Waals surface area contributed by atoms with E-state index in [2.05, 4.69) is 6.58 Å². The lowest BCUT2D eigenvalue weighted by atomic mass is 9.72. The quantitative estimate of drug-likeness (QED) is 0.684. The van der Waals surface area contributed by atoms with E-state index in [1.54, 1.807) is 6.92 Å². The molecule has 1 unspecified atom stereocenters. The van der Waals surface area contributed by atoms with E-state index in [0.29, 0.717) is 6.42 Å². The Labute approximate surface area is 129 Å². The maximum atomic E-state index is 11.8. The first-order chi connectivity index (χ1) is 10.3. The highest BCUT2D eigenvalue weighted by Gasteiger charge is 2.45. The van der Waals surface area contributed by atoms with Crippen LogP contribution in [0.5, 0.6) is 0 Å². The van der Waals surface area contributed by atoms with Crippen molar-refractivity contribution in [2.24, 2.45) is 5.41 Å². The lowest BCUT2D eigenvalue weighted by Crippen LogP contribution is -2.38. The average Bonchev–Trinajstić information content (AvgIpc) is 2.51. The van der Waals surface area contributed by atoms with E-state index in [1.807, 2.05) is 30.3 Å². The molecule has 118 valence electrons. The lowest BCUT2D eigenvalue weighted by molar-refractivity contribution is -0.152. The van der Waals surface area contributed by atoms with Crippen LogP contribution in [0.25, 0.3) is 0 Å². The molecule has 0 saturated heterocycles. The summed E-state index contributed by atoms with van der Waals surface area (Å²) in [5.74, 6) is -3.00. The zero-order valence-corrected chi connectivity index (χ0v) is 12.5. The van der Waals surface area contributed by atoms with Crippen molar-refractivity contribution in [2.75, 3.05) is 0 Å². The Kier molecular flexibility index (Phi) is 6.04. The molecule has 5 heteroatoms. The molecule has 22 heavy (non-hydrogen) atoms. The molecule has 0 bridgehead atoms. The fourth-order valence-corrected chi connectivity index (χ4v) is 2.33. The Balaban J connectivity index is 3.12. The number of carboxylic acids is 2.